The molecule has 0 unspecified atom stereocenters. The Morgan fingerprint density at radius 1 is 0.963 bits per heavy atom. The van der Waals surface area contributed by atoms with Gasteiger partial charge in [-0.2, -0.15) is 0 Å². The van der Waals surface area contributed by atoms with Gasteiger partial charge < -0.3 is 10.2 Å². The molecule has 4 heterocycles. The fourth-order valence-corrected chi connectivity index (χ4v) is 4.54. The van der Waals surface area contributed by atoms with Crippen molar-refractivity contribution >= 4 is 46.1 Å². The first-order valence-corrected chi connectivity index (χ1v) is 9.96. The third kappa shape index (κ3) is 3.96. The van der Waals surface area contributed by atoms with E-state index in [1.54, 1.807) is 11.9 Å². The third-order valence-electron chi connectivity index (χ3n) is 4.08. The zero-order valence-corrected chi connectivity index (χ0v) is 16.8. The number of aromatic nitrogens is 2. The summed E-state index contributed by atoms with van der Waals surface area (Å²) in [6, 6.07) is 0. The van der Waals surface area contributed by atoms with Gasteiger partial charge in [0.1, 0.15) is 9.75 Å². The minimum atomic E-state index is -0.105. The summed E-state index contributed by atoms with van der Waals surface area (Å²) in [5.74, 6) is -0.269. The van der Waals surface area contributed by atoms with Gasteiger partial charge >= 0.3 is 0 Å². The van der Waals surface area contributed by atoms with Gasteiger partial charge in [-0.15, -0.1) is 22.7 Å². The molecule has 0 aromatic carbocycles. The van der Waals surface area contributed by atoms with Gasteiger partial charge in [-0.1, -0.05) is 0 Å². The molecule has 0 atom stereocenters. The standard InChI is InChI=1S/C9H10N2O2S.C8H8N2O2S/c1-5(12)8-10-6-3-4-11(2)9(13)7(6)14-8;1-4(11)8-10-5-2-3-9-7(12)6(5)13-8/h3-4H2,1-2H3;2-3H2,1H3,(H,9,12). The molecule has 2 aliphatic rings. The first-order valence-electron chi connectivity index (χ1n) is 8.33. The van der Waals surface area contributed by atoms with E-state index in [9.17, 15) is 19.2 Å². The van der Waals surface area contributed by atoms with Crippen molar-refractivity contribution in [2.75, 3.05) is 20.1 Å². The molecular formula is C17H18N4O4S2. The Labute approximate surface area is 163 Å². The van der Waals surface area contributed by atoms with E-state index in [1.165, 1.54) is 36.5 Å². The monoisotopic (exact) mass is 406 g/mol. The highest BCUT2D eigenvalue weighted by molar-refractivity contribution is 7.16. The Kier molecular flexibility index (Phi) is 5.47. The molecule has 8 nitrogen and oxygen atoms in total. The quantitative estimate of drug-likeness (QED) is 0.759. The number of nitrogens with one attached hydrogen (secondary N) is 1. The van der Waals surface area contributed by atoms with E-state index in [0.29, 0.717) is 32.9 Å². The molecule has 27 heavy (non-hydrogen) atoms. The fourth-order valence-electron chi connectivity index (χ4n) is 2.61. The lowest BCUT2D eigenvalue weighted by molar-refractivity contribution is 0.0784. The van der Waals surface area contributed by atoms with E-state index in [-0.39, 0.29) is 23.4 Å². The summed E-state index contributed by atoms with van der Waals surface area (Å²) in [6.45, 7) is 4.24. The number of amides is 2. The highest BCUT2D eigenvalue weighted by Crippen LogP contribution is 2.24. The largest absolute Gasteiger partial charge is 0.351 e. The van der Waals surface area contributed by atoms with Gasteiger partial charge in [0.05, 0.1) is 11.4 Å². The topological polar surface area (TPSA) is 109 Å². The maximum atomic E-state index is 11.6. The van der Waals surface area contributed by atoms with Gasteiger partial charge in [-0.25, -0.2) is 9.97 Å². The van der Waals surface area contributed by atoms with Crippen LogP contribution in [0.1, 0.15) is 64.2 Å². The van der Waals surface area contributed by atoms with Crippen LogP contribution in [-0.4, -0.2) is 58.4 Å². The van der Waals surface area contributed by atoms with E-state index < -0.39 is 0 Å². The number of carbonyl (C=O) groups is 4. The zero-order valence-electron chi connectivity index (χ0n) is 15.1. The number of ketones is 2. The summed E-state index contributed by atoms with van der Waals surface area (Å²) in [6.07, 6.45) is 1.48. The lowest BCUT2D eigenvalue weighted by atomic mass is 10.2. The summed E-state index contributed by atoms with van der Waals surface area (Å²) in [5, 5.41) is 3.59. The molecule has 0 bridgehead atoms. The zero-order chi connectivity index (χ0) is 19.7. The predicted molar refractivity (Wildman–Crippen MR) is 101 cm³/mol. The maximum absolute atomic E-state index is 11.6. The second kappa shape index (κ2) is 7.65. The average Bonchev–Trinajstić information content (AvgIpc) is 3.24. The molecule has 10 heteroatoms. The average molecular weight is 406 g/mol. The Bertz CT molecular complexity index is 947. The normalized spacial score (nSPS) is 15.3. The number of carbonyl (C=O) groups excluding carboxylic acids is 4. The van der Waals surface area contributed by atoms with Crippen molar-refractivity contribution in [2.45, 2.75) is 26.7 Å². The van der Waals surface area contributed by atoms with Crippen molar-refractivity contribution in [1.29, 1.82) is 0 Å². The first-order chi connectivity index (χ1) is 12.8. The van der Waals surface area contributed by atoms with Crippen LogP contribution < -0.4 is 5.32 Å². The van der Waals surface area contributed by atoms with Crippen LogP contribution in [0.5, 0.6) is 0 Å². The molecule has 0 aliphatic carbocycles. The second-order valence-corrected chi connectivity index (χ2v) is 8.18. The number of rotatable bonds is 2. The SMILES string of the molecule is CC(=O)c1nc2c(s1)C(=O)N(C)CC2.CC(=O)c1nc2c(s1)C(=O)NCC2. The Hall–Kier alpha value is -2.46. The van der Waals surface area contributed by atoms with Crippen molar-refractivity contribution in [1.82, 2.24) is 20.2 Å². The number of fused-ring (bicyclic) bond motifs is 2. The van der Waals surface area contributed by atoms with E-state index in [2.05, 4.69) is 15.3 Å². The van der Waals surface area contributed by atoms with Crippen LogP contribution in [0, 0.1) is 0 Å². The summed E-state index contributed by atoms with van der Waals surface area (Å²) < 4.78 is 0. The molecule has 142 valence electrons. The molecule has 4 rings (SSSR count). The van der Waals surface area contributed by atoms with Gasteiger partial charge in [0, 0.05) is 46.8 Å². The highest BCUT2D eigenvalue weighted by Gasteiger charge is 2.26. The van der Waals surface area contributed by atoms with Crippen LogP contribution in [0.25, 0.3) is 0 Å². The van der Waals surface area contributed by atoms with Gasteiger partial charge in [0.15, 0.2) is 21.6 Å². The number of Topliss-reactive ketones (excluding diaryl/α,β-unsaturated/α-hetero) is 2. The molecule has 0 saturated carbocycles. The Morgan fingerprint density at radius 3 is 2.07 bits per heavy atom. The number of nitrogens with zero attached hydrogens (tertiary/aromatic N) is 3. The summed E-state index contributed by atoms with van der Waals surface area (Å²) in [4.78, 5) is 56.1. The van der Waals surface area contributed by atoms with E-state index in [4.69, 9.17) is 0 Å². The molecule has 0 radical (unpaired) electrons. The van der Waals surface area contributed by atoms with Crippen molar-refractivity contribution in [3.63, 3.8) is 0 Å². The van der Waals surface area contributed by atoms with Crippen molar-refractivity contribution in [3.05, 3.63) is 31.2 Å². The summed E-state index contributed by atoms with van der Waals surface area (Å²) in [5.41, 5.74) is 1.54. The van der Waals surface area contributed by atoms with E-state index in [1.807, 2.05) is 0 Å². The molecule has 1 N–H and O–H groups in total. The molecule has 2 amide bonds. The highest BCUT2D eigenvalue weighted by atomic mass is 32.1. The minimum Gasteiger partial charge on any atom is -0.351 e. The van der Waals surface area contributed by atoms with Gasteiger partial charge in [-0.05, 0) is 0 Å². The van der Waals surface area contributed by atoms with Crippen LogP contribution in [0.15, 0.2) is 0 Å². The van der Waals surface area contributed by atoms with Crippen LogP contribution >= 0.6 is 22.7 Å². The number of likely N-dealkylation sites (N-methyl/N-ethyl adjacent to an activating group) is 1. The molecule has 0 fully saturated rings. The summed E-state index contributed by atoms with van der Waals surface area (Å²) in [7, 11) is 1.76. The van der Waals surface area contributed by atoms with Gasteiger partial charge in [-0.3, -0.25) is 19.2 Å². The lowest BCUT2D eigenvalue weighted by Gasteiger charge is -2.20. The van der Waals surface area contributed by atoms with Crippen molar-refractivity contribution in [3.8, 4) is 0 Å². The number of hydrogen-bond donors (Lipinski definition) is 1. The van der Waals surface area contributed by atoms with E-state index in [0.717, 1.165) is 24.2 Å². The first kappa shape index (κ1) is 19.3. The Balaban J connectivity index is 0.000000156. The van der Waals surface area contributed by atoms with Crippen molar-refractivity contribution in [2.24, 2.45) is 0 Å². The van der Waals surface area contributed by atoms with Crippen LogP contribution in [0.4, 0.5) is 0 Å². The predicted octanol–water partition coefficient (Wildman–Crippen LogP) is 1.61. The van der Waals surface area contributed by atoms with Gasteiger partial charge in [0.25, 0.3) is 11.8 Å². The number of thiazole rings is 2. The van der Waals surface area contributed by atoms with Gasteiger partial charge in [0.2, 0.25) is 0 Å². The molecule has 2 aromatic rings. The summed E-state index contributed by atoms with van der Waals surface area (Å²) >= 11 is 2.38. The van der Waals surface area contributed by atoms with Crippen LogP contribution in [0.2, 0.25) is 0 Å². The molecule has 2 aliphatic heterocycles. The Morgan fingerprint density at radius 2 is 1.52 bits per heavy atom. The molecule has 0 saturated heterocycles. The van der Waals surface area contributed by atoms with Crippen LogP contribution in [0.3, 0.4) is 0 Å². The van der Waals surface area contributed by atoms with Crippen molar-refractivity contribution < 1.29 is 19.2 Å². The van der Waals surface area contributed by atoms with Crippen LogP contribution in [-0.2, 0) is 12.8 Å². The molecule has 0 spiro atoms. The molecular weight excluding hydrogens is 388 g/mol. The smallest absolute Gasteiger partial charge is 0.265 e. The minimum absolute atomic E-state index is 0.0174. The third-order valence-corrected chi connectivity index (χ3v) is 6.46. The fraction of sp³-hybridized carbons (Fsp3) is 0.412. The second-order valence-electron chi connectivity index (χ2n) is 6.18. The van der Waals surface area contributed by atoms with E-state index >= 15 is 0 Å². The maximum Gasteiger partial charge on any atom is 0.265 e. The number of hydrogen-bond acceptors (Lipinski definition) is 8. The lowest BCUT2D eigenvalue weighted by Crippen LogP contribution is -2.33. The molecule has 2 aromatic heterocycles.